The third kappa shape index (κ3) is 3.51. The molecule has 0 spiro atoms. The van der Waals surface area contributed by atoms with Gasteiger partial charge in [0, 0.05) is 24.2 Å². The molecule has 0 bridgehead atoms. The van der Waals surface area contributed by atoms with E-state index in [1.54, 1.807) is 6.07 Å². The van der Waals surface area contributed by atoms with Gasteiger partial charge in [-0.1, -0.05) is 0 Å². The molecule has 2 rings (SSSR count). The van der Waals surface area contributed by atoms with Crippen LogP contribution in [0.2, 0.25) is 0 Å². The zero-order chi connectivity index (χ0) is 15.6. The van der Waals surface area contributed by atoms with Crippen molar-refractivity contribution in [3.8, 4) is 0 Å². The molecule has 0 aromatic heterocycles. The highest BCUT2D eigenvalue weighted by Gasteiger charge is 2.35. The first-order chi connectivity index (χ1) is 9.84. The van der Waals surface area contributed by atoms with Crippen molar-refractivity contribution in [3.63, 3.8) is 0 Å². The van der Waals surface area contributed by atoms with Crippen molar-refractivity contribution in [2.45, 2.75) is 44.8 Å². The van der Waals surface area contributed by atoms with Crippen molar-refractivity contribution in [3.05, 3.63) is 29.3 Å². The molecular weight excluding hydrogens is 277 g/mol. The number of hydrogen-bond acceptors (Lipinski definition) is 2. The van der Waals surface area contributed by atoms with Gasteiger partial charge in [-0.3, -0.25) is 0 Å². The van der Waals surface area contributed by atoms with E-state index in [1.807, 2.05) is 7.05 Å². The summed E-state index contributed by atoms with van der Waals surface area (Å²) in [5.41, 5.74) is 1.28. The third-order valence-corrected chi connectivity index (χ3v) is 4.12. The van der Waals surface area contributed by atoms with Crippen LogP contribution < -0.4 is 10.2 Å². The summed E-state index contributed by atoms with van der Waals surface area (Å²) in [4.78, 5) is 2.21. The van der Waals surface area contributed by atoms with Gasteiger partial charge < -0.3 is 10.2 Å². The average Bonchev–Trinajstić information content (AvgIpc) is 2.76. The van der Waals surface area contributed by atoms with Crippen LogP contribution in [0, 0.1) is 0 Å². The van der Waals surface area contributed by atoms with Crippen LogP contribution in [0.15, 0.2) is 18.2 Å². The second kappa shape index (κ2) is 6.26. The van der Waals surface area contributed by atoms with Crippen LogP contribution in [0.5, 0.6) is 0 Å². The number of nitrogens with one attached hydrogen (secondary N) is 1. The monoisotopic (exact) mass is 300 g/mol. The fraction of sp³-hybridized carbons (Fsp3) is 0.625. The van der Waals surface area contributed by atoms with Crippen molar-refractivity contribution >= 4 is 5.69 Å². The SMILES string of the molecule is CNCCCC1CN(C(C)C)c2ccc(C(F)(F)F)cc21. The van der Waals surface area contributed by atoms with E-state index in [4.69, 9.17) is 0 Å². The van der Waals surface area contributed by atoms with E-state index in [2.05, 4.69) is 24.1 Å². The Morgan fingerprint density at radius 1 is 1.33 bits per heavy atom. The lowest BCUT2D eigenvalue weighted by atomic mass is 9.94. The second-order valence-electron chi connectivity index (χ2n) is 5.96. The number of nitrogens with zero attached hydrogens (tertiary/aromatic N) is 1. The fourth-order valence-electron chi connectivity index (χ4n) is 3.01. The van der Waals surface area contributed by atoms with Crippen LogP contribution in [0.3, 0.4) is 0 Å². The highest BCUT2D eigenvalue weighted by Crippen LogP contribution is 2.42. The highest BCUT2D eigenvalue weighted by atomic mass is 19.4. The summed E-state index contributed by atoms with van der Waals surface area (Å²) < 4.78 is 38.8. The van der Waals surface area contributed by atoms with Crippen LogP contribution in [0.4, 0.5) is 18.9 Å². The van der Waals surface area contributed by atoms with E-state index in [0.717, 1.165) is 37.2 Å². The molecule has 0 amide bonds. The quantitative estimate of drug-likeness (QED) is 0.826. The Morgan fingerprint density at radius 3 is 2.62 bits per heavy atom. The minimum Gasteiger partial charge on any atom is -0.368 e. The molecule has 1 atom stereocenters. The molecule has 1 aromatic carbocycles. The first-order valence-corrected chi connectivity index (χ1v) is 7.47. The Labute approximate surface area is 124 Å². The molecule has 118 valence electrons. The first-order valence-electron chi connectivity index (χ1n) is 7.47. The maximum atomic E-state index is 12.9. The molecule has 1 aliphatic heterocycles. The van der Waals surface area contributed by atoms with E-state index in [0.29, 0.717) is 6.04 Å². The highest BCUT2D eigenvalue weighted by molar-refractivity contribution is 5.62. The summed E-state index contributed by atoms with van der Waals surface area (Å²) in [6.07, 6.45) is -2.38. The van der Waals surface area contributed by atoms with Crippen LogP contribution >= 0.6 is 0 Å². The number of hydrogen-bond donors (Lipinski definition) is 1. The van der Waals surface area contributed by atoms with Gasteiger partial charge in [0.25, 0.3) is 0 Å². The molecule has 5 heteroatoms. The average molecular weight is 300 g/mol. The van der Waals surface area contributed by atoms with Crippen molar-refractivity contribution in [1.29, 1.82) is 0 Å². The Hall–Kier alpha value is -1.23. The van der Waals surface area contributed by atoms with Crippen molar-refractivity contribution in [2.24, 2.45) is 0 Å². The standard InChI is InChI=1S/C16H23F3N2/c1-11(2)21-10-12(5-4-8-20-3)14-9-13(16(17,18)19)6-7-15(14)21/h6-7,9,11-12,20H,4-5,8,10H2,1-3H3. The van der Waals surface area contributed by atoms with E-state index >= 15 is 0 Å². The Bertz CT molecular complexity index is 483. The van der Waals surface area contributed by atoms with E-state index in [9.17, 15) is 13.2 Å². The molecule has 2 nitrogen and oxygen atoms in total. The largest absolute Gasteiger partial charge is 0.416 e. The summed E-state index contributed by atoms with van der Waals surface area (Å²) in [6, 6.07) is 4.48. The molecule has 21 heavy (non-hydrogen) atoms. The number of benzene rings is 1. The molecule has 0 radical (unpaired) electrons. The first kappa shape index (κ1) is 16.1. The van der Waals surface area contributed by atoms with Crippen LogP contribution in [-0.4, -0.2) is 26.2 Å². The normalized spacial score (nSPS) is 18.4. The van der Waals surface area contributed by atoms with Gasteiger partial charge in [0.1, 0.15) is 0 Å². The Morgan fingerprint density at radius 2 is 2.05 bits per heavy atom. The third-order valence-electron chi connectivity index (χ3n) is 4.12. The molecule has 0 aliphatic carbocycles. The van der Waals surface area contributed by atoms with Gasteiger partial charge in [0.2, 0.25) is 0 Å². The molecule has 1 N–H and O–H groups in total. The summed E-state index contributed by atoms with van der Waals surface area (Å²) in [7, 11) is 1.89. The number of fused-ring (bicyclic) bond motifs is 1. The topological polar surface area (TPSA) is 15.3 Å². The molecule has 1 aromatic rings. The smallest absolute Gasteiger partial charge is 0.368 e. The van der Waals surface area contributed by atoms with Crippen molar-refractivity contribution in [1.82, 2.24) is 5.32 Å². The minimum absolute atomic E-state index is 0.193. The van der Waals surface area contributed by atoms with Crippen molar-refractivity contribution < 1.29 is 13.2 Å². The van der Waals surface area contributed by atoms with Crippen LogP contribution in [0.25, 0.3) is 0 Å². The predicted octanol–water partition coefficient (Wildman–Crippen LogP) is 4.02. The van der Waals surface area contributed by atoms with E-state index in [1.165, 1.54) is 12.1 Å². The summed E-state index contributed by atoms with van der Waals surface area (Å²) in [6.45, 7) is 5.87. The lowest BCUT2D eigenvalue weighted by molar-refractivity contribution is -0.137. The number of halogens is 3. The lowest BCUT2D eigenvalue weighted by Gasteiger charge is -2.24. The van der Waals surface area contributed by atoms with E-state index < -0.39 is 11.7 Å². The van der Waals surface area contributed by atoms with Gasteiger partial charge in [-0.15, -0.1) is 0 Å². The molecule has 1 unspecified atom stereocenters. The Balaban J connectivity index is 2.29. The molecule has 0 saturated heterocycles. The van der Waals surface area contributed by atoms with E-state index in [-0.39, 0.29) is 5.92 Å². The Kier molecular flexibility index (Phi) is 4.81. The summed E-state index contributed by atoms with van der Waals surface area (Å²) in [5, 5.41) is 3.09. The molecule has 1 heterocycles. The second-order valence-corrected chi connectivity index (χ2v) is 5.96. The molecule has 0 fully saturated rings. The summed E-state index contributed by atoms with van der Waals surface area (Å²) in [5.74, 6) is 0.193. The number of alkyl halides is 3. The zero-order valence-electron chi connectivity index (χ0n) is 12.8. The minimum atomic E-state index is -4.27. The summed E-state index contributed by atoms with van der Waals surface area (Å²) >= 11 is 0. The number of rotatable bonds is 5. The zero-order valence-corrected chi connectivity index (χ0v) is 12.8. The molecule has 0 saturated carbocycles. The van der Waals surface area contributed by atoms with Gasteiger partial charge in [0.05, 0.1) is 5.56 Å². The molecule has 1 aliphatic rings. The maximum absolute atomic E-state index is 12.9. The fourth-order valence-corrected chi connectivity index (χ4v) is 3.01. The van der Waals surface area contributed by atoms with Crippen molar-refractivity contribution in [2.75, 3.05) is 25.0 Å². The van der Waals surface area contributed by atoms with Gasteiger partial charge in [0.15, 0.2) is 0 Å². The number of anilines is 1. The van der Waals surface area contributed by atoms with Gasteiger partial charge in [-0.25, -0.2) is 0 Å². The van der Waals surface area contributed by atoms with Crippen LogP contribution in [0.1, 0.15) is 43.7 Å². The lowest BCUT2D eigenvalue weighted by Crippen LogP contribution is -2.29. The maximum Gasteiger partial charge on any atom is 0.416 e. The van der Waals surface area contributed by atoms with Gasteiger partial charge >= 0.3 is 6.18 Å². The van der Waals surface area contributed by atoms with Crippen LogP contribution in [-0.2, 0) is 6.18 Å². The predicted molar refractivity (Wildman–Crippen MR) is 79.8 cm³/mol. The molecular formula is C16H23F3N2. The van der Waals surface area contributed by atoms with Gasteiger partial charge in [-0.2, -0.15) is 13.2 Å². The van der Waals surface area contributed by atoms with Gasteiger partial charge in [-0.05, 0) is 64.0 Å².